The molecule has 7 heteroatoms. The van der Waals surface area contributed by atoms with Crippen molar-refractivity contribution in [3.05, 3.63) is 21.9 Å². The average molecular weight is 328 g/mol. The molecule has 2 aliphatic rings. The summed E-state index contributed by atoms with van der Waals surface area (Å²) in [5.74, 6) is -0.205. The molecular weight excluding hydrogens is 308 g/mol. The van der Waals surface area contributed by atoms with Crippen LogP contribution in [0.1, 0.15) is 23.3 Å². The number of hydrogen-bond acceptors (Lipinski definition) is 5. The number of thiophene rings is 1. The monoisotopic (exact) mass is 328 g/mol. The van der Waals surface area contributed by atoms with E-state index >= 15 is 0 Å². The summed E-state index contributed by atoms with van der Waals surface area (Å²) in [7, 11) is -3.43. The summed E-state index contributed by atoms with van der Waals surface area (Å²) in [4.78, 5) is 16.0. The van der Waals surface area contributed by atoms with Gasteiger partial charge in [-0.2, -0.15) is 0 Å². The maximum atomic E-state index is 13.0. The Morgan fingerprint density at radius 3 is 2.76 bits per heavy atom. The van der Waals surface area contributed by atoms with Crippen molar-refractivity contribution in [3.8, 4) is 0 Å². The van der Waals surface area contributed by atoms with E-state index in [0.717, 1.165) is 12.0 Å². The predicted octanol–water partition coefficient (Wildman–Crippen LogP) is 0.800. The molecule has 116 valence electrons. The molecule has 21 heavy (non-hydrogen) atoms. The average Bonchev–Trinajstić information content (AvgIpc) is 2.93. The topological polar surface area (TPSA) is 66.5 Å². The summed E-state index contributed by atoms with van der Waals surface area (Å²) in [5, 5.41) is 5.18. The van der Waals surface area contributed by atoms with Crippen LogP contribution in [0.15, 0.2) is 11.4 Å². The van der Waals surface area contributed by atoms with Crippen LogP contribution in [0.5, 0.6) is 0 Å². The lowest BCUT2D eigenvalue weighted by molar-refractivity contribution is -0.135. The molecule has 1 N–H and O–H groups in total. The van der Waals surface area contributed by atoms with Crippen LogP contribution in [-0.2, 0) is 27.6 Å². The van der Waals surface area contributed by atoms with Gasteiger partial charge in [0.2, 0.25) is 5.91 Å². The Labute approximate surface area is 129 Å². The number of nitrogens with zero attached hydrogens (tertiary/aromatic N) is 1. The van der Waals surface area contributed by atoms with Gasteiger partial charge in [-0.15, -0.1) is 11.3 Å². The van der Waals surface area contributed by atoms with Crippen molar-refractivity contribution in [3.63, 3.8) is 0 Å². The normalized spacial score (nSPS) is 21.9. The quantitative estimate of drug-likeness (QED) is 0.872. The van der Waals surface area contributed by atoms with Crippen LogP contribution in [0.4, 0.5) is 0 Å². The van der Waals surface area contributed by atoms with Crippen LogP contribution in [0, 0.1) is 0 Å². The minimum atomic E-state index is -3.43. The summed E-state index contributed by atoms with van der Waals surface area (Å²) in [5.41, 5.74) is 1.16. The van der Waals surface area contributed by atoms with Gasteiger partial charge < -0.3 is 10.2 Å². The number of carbonyl (C=O) groups excluding carboxylic acids is 1. The van der Waals surface area contributed by atoms with Crippen LogP contribution >= 0.6 is 11.3 Å². The fourth-order valence-corrected chi connectivity index (χ4v) is 5.57. The largest absolute Gasteiger partial charge is 0.337 e. The highest BCUT2D eigenvalue weighted by Crippen LogP contribution is 2.33. The van der Waals surface area contributed by atoms with E-state index in [2.05, 4.69) is 5.32 Å². The standard InChI is InChI=1S/C14H20N2O3S2/c1-21(18,19)14(4-6-15-7-5-14)13(17)16-8-2-12-11(10-16)3-9-20-12/h3,9,15H,2,4-8,10H2,1H3. The molecule has 0 unspecified atom stereocenters. The van der Waals surface area contributed by atoms with E-state index in [0.29, 0.717) is 39.0 Å². The molecule has 1 aromatic heterocycles. The molecule has 0 bridgehead atoms. The third-order valence-electron chi connectivity index (χ3n) is 4.61. The molecule has 1 fully saturated rings. The Balaban J connectivity index is 1.89. The maximum Gasteiger partial charge on any atom is 0.244 e. The van der Waals surface area contributed by atoms with Gasteiger partial charge in [0.05, 0.1) is 0 Å². The Morgan fingerprint density at radius 2 is 2.10 bits per heavy atom. The molecule has 3 rings (SSSR count). The van der Waals surface area contributed by atoms with Crippen LogP contribution in [0.3, 0.4) is 0 Å². The van der Waals surface area contributed by atoms with Crippen LogP contribution in [0.2, 0.25) is 0 Å². The second kappa shape index (κ2) is 5.37. The van der Waals surface area contributed by atoms with Crippen molar-refractivity contribution in [2.75, 3.05) is 25.9 Å². The number of carbonyl (C=O) groups is 1. The van der Waals surface area contributed by atoms with Gasteiger partial charge in [-0.3, -0.25) is 4.79 Å². The van der Waals surface area contributed by atoms with E-state index in [1.165, 1.54) is 11.1 Å². The Kier molecular flexibility index (Phi) is 3.83. The summed E-state index contributed by atoms with van der Waals surface area (Å²) in [6.45, 7) is 2.33. The number of amides is 1. The molecule has 0 radical (unpaired) electrons. The summed E-state index contributed by atoms with van der Waals surface area (Å²) in [6, 6.07) is 2.04. The lowest BCUT2D eigenvalue weighted by Crippen LogP contribution is -2.58. The van der Waals surface area contributed by atoms with E-state index < -0.39 is 14.6 Å². The molecule has 0 atom stereocenters. The number of sulfone groups is 1. The van der Waals surface area contributed by atoms with Gasteiger partial charge in [0.25, 0.3) is 0 Å². The summed E-state index contributed by atoms with van der Waals surface area (Å²) in [6.07, 6.45) is 2.78. The van der Waals surface area contributed by atoms with Crippen molar-refractivity contribution >= 4 is 27.1 Å². The van der Waals surface area contributed by atoms with E-state index in [4.69, 9.17) is 0 Å². The van der Waals surface area contributed by atoms with Crippen molar-refractivity contribution in [2.45, 2.75) is 30.6 Å². The van der Waals surface area contributed by atoms with Crippen molar-refractivity contribution < 1.29 is 13.2 Å². The van der Waals surface area contributed by atoms with E-state index in [-0.39, 0.29) is 5.91 Å². The Hall–Kier alpha value is -0.920. The molecule has 2 aliphatic heterocycles. The molecule has 3 heterocycles. The minimum Gasteiger partial charge on any atom is -0.337 e. The summed E-state index contributed by atoms with van der Waals surface area (Å²) < 4.78 is 23.4. The van der Waals surface area contributed by atoms with Gasteiger partial charge in [-0.25, -0.2) is 8.42 Å². The third kappa shape index (κ3) is 2.51. The maximum absolute atomic E-state index is 13.0. The van der Waals surface area contributed by atoms with Crippen molar-refractivity contribution in [1.29, 1.82) is 0 Å². The SMILES string of the molecule is CS(=O)(=O)C1(C(=O)N2CCc3sccc3C2)CCNCC1. The molecule has 1 aromatic rings. The van der Waals surface area contributed by atoms with Gasteiger partial charge in [0, 0.05) is 24.2 Å². The lowest BCUT2D eigenvalue weighted by atomic mass is 9.94. The second-order valence-corrected chi connectivity index (χ2v) is 9.19. The van der Waals surface area contributed by atoms with Gasteiger partial charge in [0.1, 0.15) is 0 Å². The molecule has 0 spiro atoms. The van der Waals surface area contributed by atoms with E-state index in [9.17, 15) is 13.2 Å². The Bertz CT molecular complexity index is 645. The predicted molar refractivity (Wildman–Crippen MR) is 83.1 cm³/mol. The zero-order valence-corrected chi connectivity index (χ0v) is 13.7. The molecule has 1 saturated heterocycles. The summed E-state index contributed by atoms with van der Waals surface area (Å²) >= 11 is 1.71. The molecule has 0 aromatic carbocycles. The minimum absolute atomic E-state index is 0.205. The number of rotatable bonds is 2. The number of piperidine rings is 1. The molecule has 5 nitrogen and oxygen atoms in total. The fourth-order valence-electron chi connectivity index (χ4n) is 3.28. The zero-order chi connectivity index (χ0) is 15.1. The zero-order valence-electron chi connectivity index (χ0n) is 12.1. The highest BCUT2D eigenvalue weighted by Gasteiger charge is 2.50. The molecule has 0 aliphatic carbocycles. The van der Waals surface area contributed by atoms with Crippen LogP contribution < -0.4 is 5.32 Å². The third-order valence-corrected chi connectivity index (χ3v) is 7.63. The first kappa shape index (κ1) is 15.0. The molecule has 0 saturated carbocycles. The van der Waals surface area contributed by atoms with Crippen molar-refractivity contribution in [2.24, 2.45) is 0 Å². The van der Waals surface area contributed by atoms with Crippen LogP contribution in [-0.4, -0.2) is 49.9 Å². The molecule has 1 amide bonds. The smallest absolute Gasteiger partial charge is 0.244 e. The second-order valence-electron chi connectivity index (χ2n) is 5.86. The number of fused-ring (bicyclic) bond motifs is 1. The number of nitrogens with one attached hydrogen (secondary N) is 1. The highest BCUT2D eigenvalue weighted by molar-refractivity contribution is 7.92. The number of hydrogen-bond donors (Lipinski definition) is 1. The highest BCUT2D eigenvalue weighted by atomic mass is 32.2. The lowest BCUT2D eigenvalue weighted by Gasteiger charge is -2.39. The van der Waals surface area contributed by atoms with Gasteiger partial charge in [-0.1, -0.05) is 0 Å². The van der Waals surface area contributed by atoms with E-state index in [1.54, 1.807) is 16.2 Å². The van der Waals surface area contributed by atoms with Crippen LogP contribution in [0.25, 0.3) is 0 Å². The first-order valence-electron chi connectivity index (χ1n) is 7.19. The van der Waals surface area contributed by atoms with Gasteiger partial charge >= 0.3 is 0 Å². The van der Waals surface area contributed by atoms with E-state index in [1.807, 2.05) is 11.4 Å². The first-order valence-corrected chi connectivity index (χ1v) is 9.96. The molecular formula is C14H20N2O3S2. The Morgan fingerprint density at radius 1 is 1.38 bits per heavy atom. The van der Waals surface area contributed by atoms with Crippen molar-refractivity contribution in [1.82, 2.24) is 10.2 Å². The first-order chi connectivity index (χ1) is 9.94. The fraction of sp³-hybridized carbons (Fsp3) is 0.643. The van der Waals surface area contributed by atoms with Gasteiger partial charge in [-0.05, 0) is 49.4 Å². The van der Waals surface area contributed by atoms with Gasteiger partial charge in [0.15, 0.2) is 14.6 Å².